The molecule has 0 atom stereocenters. The Labute approximate surface area is 153 Å². The summed E-state index contributed by atoms with van der Waals surface area (Å²) in [5.74, 6) is -1.16. The third kappa shape index (κ3) is 4.15. The number of anilines is 2. The molecule has 0 fully saturated rings. The van der Waals surface area contributed by atoms with Crippen molar-refractivity contribution < 1.29 is 13.6 Å². The van der Waals surface area contributed by atoms with Crippen molar-refractivity contribution in [3.63, 3.8) is 0 Å². The lowest BCUT2D eigenvalue weighted by molar-refractivity contribution is 0.102. The first kappa shape index (κ1) is 17.8. The highest BCUT2D eigenvalue weighted by molar-refractivity contribution is 6.34. The quantitative estimate of drug-likeness (QED) is 0.670. The van der Waals surface area contributed by atoms with Crippen molar-refractivity contribution in [1.29, 1.82) is 0 Å². The van der Waals surface area contributed by atoms with Crippen molar-refractivity contribution in [1.82, 2.24) is 4.98 Å². The average Bonchev–Trinajstić information content (AvgIpc) is 2.62. The van der Waals surface area contributed by atoms with Gasteiger partial charge < -0.3 is 10.6 Å². The van der Waals surface area contributed by atoms with Crippen molar-refractivity contribution in [3.8, 4) is 0 Å². The molecule has 0 aliphatic rings. The first-order valence-corrected chi connectivity index (χ1v) is 8.11. The molecule has 0 saturated heterocycles. The fourth-order valence-corrected chi connectivity index (χ4v) is 2.56. The first-order valence-electron chi connectivity index (χ1n) is 7.73. The van der Waals surface area contributed by atoms with Crippen LogP contribution in [-0.4, -0.2) is 10.9 Å². The molecule has 1 aromatic heterocycles. The van der Waals surface area contributed by atoms with Gasteiger partial charge >= 0.3 is 0 Å². The van der Waals surface area contributed by atoms with Crippen LogP contribution in [0.4, 0.5) is 20.3 Å². The Morgan fingerprint density at radius 2 is 1.77 bits per heavy atom. The Morgan fingerprint density at radius 1 is 1.00 bits per heavy atom. The van der Waals surface area contributed by atoms with Crippen molar-refractivity contribution in [3.05, 3.63) is 88.6 Å². The van der Waals surface area contributed by atoms with Crippen LogP contribution in [0.1, 0.15) is 15.9 Å². The number of nitrogens with one attached hydrogen (secondary N) is 2. The Bertz CT molecular complexity index is 912. The molecule has 3 rings (SSSR count). The summed E-state index contributed by atoms with van der Waals surface area (Å²) in [5, 5.41) is 5.55. The third-order valence-electron chi connectivity index (χ3n) is 3.63. The number of halogens is 3. The van der Waals surface area contributed by atoms with Gasteiger partial charge in [0.15, 0.2) is 0 Å². The number of rotatable bonds is 5. The fraction of sp³-hybridized carbons (Fsp3) is 0.0526. The lowest BCUT2D eigenvalue weighted by atomic mass is 10.2. The van der Waals surface area contributed by atoms with Crippen LogP contribution in [-0.2, 0) is 6.54 Å². The van der Waals surface area contributed by atoms with E-state index in [9.17, 15) is 13.6 Å². The zero-order chi connectivity index (χ0) is 18.5. The second kappa shape index (κ2) is 7.93. The molecule has 132 valence electrons. The predicted molar refractivity (Wildman–Crippen MR) is 97.3 cm³/mol. The number of hydrogen-bond acceptors (Lipinski definition) is 3. The second-order valence-corrected chi connectivity index (χ2v) is 5.84. The molecule has 1 amide bonds. The van der Waals surface area contributed by atoms with Crippen LogP contribution in [0, 0.1) is 11.6 Å². The molecule has 1 heterocycles. The van der Waals surface area contributed by atoms with E-state index in [2.05, 4.69) is 15.6 Å². The number of carbonyl (C=O) groups is 1. The van der Waals surface area contributed by atoms with Crippen molar-refractivity contribution >= 4 is 29.0 Å². The van der Waals surface area contributed by atoms with Gasteiger partial charge in [-0.3, -0.25) is 4.79 Å². The molecule has 0 saturated carbocycles. The minimum absolute atomic E-state index is 0.0265. The fourth-order valence-electron chi connectivity index (χ4n) is 2.31. The van der Waals surface area contributed by atoms with E-state index >= 15 is 0 Å². The van der Waals surface area contributed by atoms with Gasteiger partial charge in [-0.05, 0) is 30.3 Å². The van der Waals surface area contributed by atoms with Gasteiger partial charge in [-0.2, -0.15) is 0 Å². The second-order valence-electron chi connectivity index (χ2n) is 5.43. The summed E-state index contributed by atoms with van der Waals surface area (Å²) in [4.78, 5) is 16.3. The van der Waals surface area contributed by atoms with Crippen LogP contribution < -0.4 is 10.6 Å². The third-order valence-corrected chi connectivity index (χ3v) is 3.94. The number of pyridine rings is 1. The van der Waals surface area contributed by atoms with E-state index in [-0.39, 0.29) is 22.9 Å². The summed E-state index contributed by atoms with van der Waals surface area (Å²) in [6.07, 6.45) is 1.41. The molecule has 0 spiro atoms. The SMILES string of the molecule is O=C(Nc1ccc(NCc2ccccc2F)nc1)c1c(F)cccc1Cl. The van der Waals surface area contributed by atoms with Gasteiger partial charge in [-0.25, -0.2) is 13.8 Å². The summed E-state index contributed by atoms with van der Waals surface area (Å²) in [6, 6.07) is 13.7. The minimum Gasteiger partial charge on any atom is -0.366 e. The lowest BCUT2D eigenvalue weighted by Gasteiger charge is -2.09. The highest BCUT2D eigenvalue weighted by atomic mass is 35.5. The van der Waals surface area contributed by atoms with Crippen LogP contribution >= 0.6 is 11.6 Å². The normalized spacial score (nSPS) is 10.4. The minimum atomic E-state index is -0.703. The molecule has 2 aromatic carbocycles. The van der Waals surface area contributed by atoms with E-state index in [1.54, 1.807) is 30.3 Å². The maximum atomic E-state index is 13.8. The van der Waals surface area contributed by atoms with Crippen LogP contribution in [0.25, 0.3) is 0 Å². The maximum absolute atomic E-state index is 13.8. The van der Waals surface area contributed by atoms with Gasteiger partial charge in [0.2, 0.25) is 0 Å². The van der Waals surface area contributed by atoms with Crippen LogP contribution in [0.15, 0.2) is 60.8 Å². The first-order chi connectivity index (χ1) is 12.5. The number of amides is 1. The number of carbonyl (C=O) groups excluding carboxylic acids is 1. The molecular weight excluding hydrogens is 360 g/mol. The van der Waals surface area contributed by atoms with Gasteiger partial charge in [-0.1, -0.05) is 35.9 Å². The van der Waals surface area contributed by atoms with Crippen LogP contribution in [0.3, 0.4) is 0 Å². The molecule has 26 heavy (non-hydrogen) atoms. The summed E-state index contributed by atoms with van der Waals surface area (Å²) in [5.41, 5.74) is 0.669. The number of aromatic nitrogens is 1. The largest absolute Gasteiger partial charge is 0.366 e. The molecular formula is C19H14ClF2N3O. The molecule has 7 heteroatoms. The Hall–Kier alpha value is -2.99. The summed E-state index contributed by atoms with van der Waals surface area (Å²) in [7, 11) is 0. The van der Waals surface area contributed by atoms with Crippen molar-refractivity contribution in [2.24, 2.45) is 0 Å². The highest BCUT2D eigenvalue weighted by Gasteiger charge is 2.15. The molecule has 0 bridgehead atoms. The van der Waals surface area contributed by atoms with Gasteiger partial charge in [0.05, 0.1) is 22.5 Å². The molecule has 0 unspecified atom stereocenters. The summed E-state index contributed by atoms with van der Waals surface area (Å²) in [6.45, 7) is 0.274. The number of nitrogens with zero attached hydrogens (tertiary/aromatic N) is 1. The molecule has 0 aliphatic carbocycles. The van der Waals surface area contributed by atoms with Crippen LogP contribution in [0.2, 0.25) is 5.02 Å². The summed E-state index contributed by atoms with van der Waals surface area (Å²) >= 11 is 5.87. The number of benzene rings is 2. The van der Waals surface area contributed by atoms with Crippen molar-refractivity contribution in [2.45, 2.75) is 6.54 Å². The predicted octanol–water partition coefficient (Wildman–Crippen LogP) is 4.88. The van der Waals surface area contributed by atoms with Crippen molar-refractivity contribution in [2.75, 3.05) is 10.6 Å². The highest BCUT2D eigenvalue weighted by Crippen LogP contribution is 2.21. The molecule has 3 aromatic rings. The zero-order valence-corrected chi connectivity index (χ0v) is 14.2. The maximum Gasteiger partial charge on any atom is 0.260 e. The molecule has 0 radical (unpaired) electrons. The van der Waals surface area contributed by atoms with E-state index in [1.807, 2.05) is 0 Å². The van der Waals surface area contributed by atoms with E-state index < -0.39 is 11.7 Å². The topological polar surface area (TPSA) is 54.0 Å². The van der Waals surface area contributed by atoms with E-state index in [0.717, 1.165) is 6.07 Å². The van der Waals surface area contributed by atoms with E-state index in [4.69, 9.17) is 11.6 Å². The molecule has 4 nitrogen and oxygen atoms in total. The zero-order valence-electron chi connectivity index (χ0n) is 13.5. The van der Waals surface area contributed by atoms with Gasteiger partial charge in [0.1, 0.15) is 17.5 Å². The number of hydrogen-bond donors (Lipinski definition) is 2. The molecule has 2 N–H and O–H groups in total. The summed E-state index contributed by atoms with van der Waals surface area (Å²) < 4.78 is 27.3. The monoisotopic (exact) mass is 373 g/mol. The van der Waals surface area contributed by atoms with Gasteiger partial charge in [0.25, 0.3) is 5.91 Å². The lowest BCUT2D eigenvalue weighted by Crippen LogP contribution is -2.14. The molecule has 0 aliphatic heterocycles. The van der Waals surface area contributed by atoms with Gasteiger partial charge in [-0.15, -0.1) is 0 Å². The van der Waals surface area contributed by atoms with Gasteiger partial charge in [0, 0.05) is 12.1 Å². The average molecular weight is 374 g/mol. The van der Waals surface area contributed by atoms with E-state index in [1.165, 1.54) is 24.4 Å². The van der Waals surface area contributed by atoms with E-state index in [0.29, 0.717) is 17.1 Å². The Morgan fingerprint density at radius 3 is 2.46 bits per heavy atom. The smallest absolute Gasteiger partial charge is 0.260 e. The Kier molecular flexibility index (Phi) is 5.43. The van der Waals surface area contributed by atoms with Crippen LogP contribution in [0.5, 0.6) is 0 Å². The standard InChI is InChI=1S/C19H14ClF2N3O/c20-14-5-3-7-16(22)18(14)19(26)25-13-8-9-17(24-11-13)23-10-12-4-1-2-6-15(12)21/h1-9,11H,10H2,(H,23,24)(H,25,26). The Balaban J connectivity index is 1.64.